The predicted octanol–water partition coefficient (Wildman–Crippen LogP) is 4.07. The van der Waals surface area contributed by atoms with Crippen LogP contribution in [0.15, 0.2) is 81.4 Å². The largest absolute Gasteiger partial charge is 0.462 e. The van der Waals surface area contributed by atoms with E-state index < -0.39 is 5.25 Å². The second kappa shape index (κ2) is 11.3. The number of rotatable bonds is 8. The van der Waals surface area contributed by atoms with E-state index in [4.69, 9.17) is 9.15 Å². The van der Waals surface area contributed by atoms with Crippen LogP contribution in [0.25, 0.3) is 11.3 Å². The second-order valence-electron chi connectivity index (χ2n) is 7.36. The smallest absolute Gasteiger partial charge is 0.338 e. The number of amides is 2. The Kier molecular flexibility index (Phi) is 7.74. The maximum Gasteiger partial charge on any atom is 0.338 e. The van der Waals surface area contributed by atoms with Crippen molar-refractivity contribution in [2.75, 3.05) is 11.9 Å². The molecule has 4 rings (SSSR count). The lowest BCUT2D eigenvalue weighted by atomic mass is 10.1. The van der Waals surface area contributed by atoms with Gasteiger partial charge in [-0.1, -0.05) is 42.1 Å². The van der Waals surface area contributed by atoms with E-state index in [0.29, 0.717) is 34.5 Å². The molecule has 1 atom stereocenters. The van der Waals surface area contributed by atoms with Crippen LogP contribution in [0, 0.1) is 0 Å². The highest BCUT2D eigenvalue weighted by molar-refractivity contribution is 8.15. The van der Waals surface area contributed by atoms with Gasteiger partial charge in [-0.2, -0.15) is 5.10 Å². The number of esters is 1. The molecule has 0 aliphatic carbocycles. The Bertz CT molecular complexity index is 1270. The van der Waals surface area contributed by atoms with E-state index >= 15 is 0 Å². The molecule has 1 fully saturated rings. The topological polar surface area (TPSA) is 122 Å². The average Bonchev–Trinajstić information content (AvgIpc) is 3.46. The van der Waals surface area contributed by atoms with Crippen molar-refractivity contribution in [3.05, 3.63) is 78.1 Å². The second-order valence-corrected chi connectivity index (χ2v) is 8.56. The van der Waals surface area contributed by atoms with Gasteiger partial charge in [0, 0.05) is 17.7 Å². The van der Waals surface area contributed by atoms with Gasteiger partial charge < -0.3 is 19.8 Å². The molecule has 9 nitrogen and oxygen atoms in total. The molecular weight excluding hydrogens is 468 g/mol. The van der Waals surface area contributed by atoms with Gasteiger partial charge in [-0.3, -0.25) is 9.59 Å². The minimum Gasteiger partial charge on any atom is -0.462 e. The van der Waals surface area contributed by atoms with E-state index in [-0.39, 0.29) is 24.2 Å². The summed E-state index contributed by atoms with van der Waals surface area (Å²) in [5.41, 5.74) is 1.93. The lowest BCUT2D eigenvalue weighted by Crippen LogP contribution is -2.28. The lowest BCUT2D eigenvalue weighted by molar-refractivity contribution is -0.122. The highest BCUT2D eigenvalue weighted by atomic mass is 32.2. The number of anilines is 1. The van der Waals surface area contributed by atoms with E-state index in [2.05, 4.69) is 20.8 Å². The van der Waals surface area contributed by atoms with Crippen molar-refractivity contribution >= 4 is 46.6 Å². The molecule has 1 aliphatic rings. The molecule has 1 aliphatic heterocycles. The first-order valence-electron chi connectivity index (χ1n) is 10.8. The van der Waals surface area contributed by atoms with E-state index in [0.717, 1.165) is 17.3 Å². The normalized spacial score (nSPS) is 16.4. The van der Waals surface area contributed by atoms with Crippen LogP contribution in [0.5, 0.6) is 0 Å². The van der Waals surface area contributed by atoms with Crippen LogP contribution in [0.1, 0.15) is 29.5 Å². The molecule has 178 valence electrons. The summed E-state index contributed by atoms with van der Waals surface area (Å²) in [4.78, 5) is 36.2. The van der Waals surface area contributed by atoms with Crippen molar-refractivity contribution in [1.82, 2.24) is 5.32 Å². The summed E-state index contributed by atoms with van der Waals surface area (Å²) in [5.74, 6) is 0.140. The Balaban J connectivity index is 1.31. The van der Waals surface area contributed by atoms with Crippen molar-refractivity contribution in [3.8, 4) is 11.3 Å². The minimum atomic E-state index is -0.583. The zero-order chi connectivity index (χ0) is 24.6. The van der Waals surface area contributed by atoms with Crippen LogP contribution in [-0.4, -0.2) is 41.0 Å². The minimum absolute atomic E-state index is 0.0185. The third kappa shape index (κ3) is 6.45. The van der Waals surface area contributed by atoms with Crippen molar-refractivity contribution in [3.63, 3.8) is 0 Å². The van der Waals surface area contributed by atoms with Gasteiger partial charge in [-0.15, -0.1) is 5.10 Å². The summed E-state index contributed by atoms with van der Waals surface area (Å²) in [7, 11) is 0. The number of ether oxygens (including phenoxy) is 1. The summed E-state index contributed by atoms with van der Waals surface area (Å²) in [5, 5.41) is 13.1. The standard InChI is InChI=1S/C25H22N4O5S/c1-2-33-24(32)17-10-8-16(9-11-17)20-13-12-19(34-20)15-26-29-25-28-23(31)21(35-25)14-22(30)27-18-6-4-3-5-7-18/h3-13,15,21H,2,14H2,1H3,(H,27,30)(H,28,29,31). The Morgan fingerprint density at radius 3 is 2.63 bits per heavy atom. The van der Waals surface area contributed by atoms with Gasteiger partial charge in [0.1, 0.15) is 16.8 Å². The molecule has 0 bridgehead atoms. The maximum atomic E-state index is 12.2. The van der Waals surface area contributed by atoms with Crippen LogP contribution in [0.2, 0.25) is 0 Å². The van der Waals surface area contributed by atoms with Gasteiger partial charge in [-0.25, -0.2) is 4.79 Å². The molecule has 2 heterocycles. The SMILES string of the molecule is CCOC(=O)c1ccc(-c2ccc(C=NN=C3NC(=O)C(CC(=O)Nc4ccccc4)S3)o2)cc1. The van der Waals surface area contributed by atoms with Crippen molar-refractivity contribution in [2.24, 2.45) is 10.2 Å². The van der Waals surface area contributed by atoms with E-state index in [9.17, 15) is 14.4 Å². The third-order valence-electron chi connectivity index (χ3n) is 4.85. The number of carbonyl (C=O) groups excluding carboxylic acids is 3. The summed E-state index contributed by atoms with van der Waals surface area (Å²) in [6.45, 7) is 2.07. The summed E-state index contributed by atoms with van der Waals surface area (Å²) >= 11 is 1.15. The number of furan rings is 1. The first-order chi connectivity index (χ1) is 17.0. The van der Waals surface area contributed by atoms with E-state index in [1.165, 1.54) is 6.21 Å². The van der Waals surface area contributed by atoms with Crippen molar-refractivity contribution < 1.29 is 23.5 Å². The number of nitrogens with zero attached hydrogens (tertiary/aromatic N) is 2. The molecule has 10 heteroatoms. The van der Waals surface area contributed by atoms with Gasteiger partial charge in [0.05, 0.1) is 18.4 Å². The van der Waals surface area contributed by atoms with Gasteiger partial charge in [0.15, 0.2) is 5.17 Å². The summed E-state index contributed by atoms with van der Waals surface area (Å²) in [6.07, 6.45) is 1.44. The molecule has 2 N–H and O–H groups in total. The molecule has 0 spiro atoms. The van der Waals surface area contributed by atoms with E-state index in [1.54, 1.807) is 55.5 Å². The maximum absolute atomic E-state index is 12.2. The molecule has 35 heavy (non-hydrogen) atoms. The lowest BCUT2D eigenvalue weighted by Gasteiger charge is -2.06. The molecule has 0 saturated carbocycles. The van der Waals surface area contributed by atoms with Gasteiger partial charge in [0.25, 0.3) is 0 Å². The molecule has 1 unspecified atom stereocenters. The average molecular weight is 491 g/mol. The summed E-state index contributed by atoms with van der Waals surface area (Å²) in [6, 6.07) is 19.4. The Morgan fingerprint density at radius 2 is 1.89 bits per heavy atom. The Morgan fingerprint density at radius 1 is 1.11 bits per heavy atom. The third-order valence-corrected chi connectivity index (χ3v) is 5.92. The zero-order valence-electron chi connectivity index (χ0n) is 18.8. The fourth-order valence-electron chi connectivity index (χ4n) is 3.19. The number of hydrogen-bond donors (Lipinski definition) is 2. The Hall–Kier alpha value is -4.18. The monoisotopic (exact) mass is 490 g/mol. The molecule has 2 amide bonds. The highest BCUT2D eigenvalue weighted by Gasteiger charge is 2.32. The van der Waals surface area contributed by atoms with E-state index in [1.807, 2.05) is 18.2 Å². The number of amidine groups is 1. The van der Waals surface area contributed by atoms with Gasteiger partial charge >= 0.3 is 5.97 Å². The molecule has 1 saturated heterocycles. The van der Waals surface area contributed by atoms with Crippen LogP contribution in [0.3, 0.4) is 0 Å². The van der Waals surface area contributed by atoms with Crippen molar-refractivity contribution in [2.45, 2.75) is 18.6 Å². The molecule has 2 aromatic carbocycles. The molecule has 1 aromatic heterocycles. The van der Waals surface area contributed by atoms with Gasteiger partial charge in [0.2, 0.25) is 11.8 Å². The first-order valence-corrected chi connectivity index (χ1v) is 11.7. The highest BCUT2D eigenvalue weighted by Crippen LogP contribution is 2.24. The van der Waals surface area contributed by atoms with Crippen LogP contribution >= 0.6 is 11.8 Å². The van der Waals surface area contributed by atoms with Crippen LogP contribution in [-0.2, 0) is 14.3 Å². The summed E-state index contributed by atoms with van der Waals surface area (Å²) < 4.78 is 10.7. The number of nitrogens with one attached hydrogen (secondary N) is 2. The van der Waals surface area contributed by atoms with Crippen molar-refractivity contribution in [1.29, 1.82) is 0 Å². The molecular formula is C25H22N4O5S. The fourth-order valence-corrected chi connectivity index (χ4v) is 4.11. The molecule has 0 radical (unpaired) electrons. The Labute approximate surface area is 205 Å². The molecule has 3 aromatic rings. The predicted molar refractivity (Wildman–Crippen MR) is 134 cm³/mol. The number of carbonyl (C=O) groups is 3. The number of benzene rings is 2. The number of para-hydroxylation sites is 1. The van der Waals surface area contributed by atoms with Crippen LogP contribution < -0.4 is 10.6 Å². The number of hydrogen-bond acceptors (Lipinski definition) is 8. The van der Waals surface area contributed by atoms with Crippen LogP contribution in [0.4, 0.5) is 5.69 Å². The quantitative estimate of drug-likeness (QED) is 0.279. The first kappa shape index (κ1) is 24.0. The zero-order valence-corrected chi connectivity index (χ0v) is 19.6. The fraction of sp³-hybridized carbons (Fsp3) is 0.160. The number of thioether (sulfide) groups is 1. The van der Waals surface area contributed by atoms with Gasteiger partial charge in [-0.05, 0) is 43.3 Å².